The first-order valence-corrected chi connectivity index (χ1v) is 8.21. The van der Waals surface area contributed by atoms with Gasteiger partial charge in [0.15, 0.2) is 5.82 Å². The number of benzene rings is 2. The summed E-state index contributed by atoms with van der Waals surface area (Å²) in [6, 6.07) is 15.4. The lowest BCUT2D eigenvalue weighted by molar-refractivity contribution is 0.312. The number of hydrogen-bond acceptors (Lipinski definition) is 5. The summed E-state index contributed by atoms with van der Waals surface area (Å²) in [5, 5.41) is 21.3. The Balaban J connectivity index is 1.85. The summed E-state index contributed by atoms with van der Waals surface area (Å²) >= 11 is 0. The van der Waals surface area contributed by atoms with Crippen molar-refractivity contribution in [3.63, 3.8) is 0 Å². The second kappa shape index (κ2) is 6.09. The fourth-order valence-corrected chi connectivity index (χ4v) is 3.21. The summed E-state index contributed by atoms with van der Waals surface area (Å²) in [5.41, 5.74) is 1.44. The molecule has 0 radical (unpaired) electrons. The highest BCUT2D eigenvalue weighted by molar-refractivity contribution is 6.01. The number of hydrogen-bond donors (Lipinski definition) is 1. The SMILES string of the molecule is CN1CCN(c2nnc(-c3ccccc3O)c3ccccc23)CC1. The third-order valence-corrected chi connectivity index (χ3v) is 4.63. The van der Waals surface area contributed by atoms with E-state index >= 15 is 0 Å². The molecule has 0 amide bonds. The van der Waals surface area contributed by atoms with Gasteiger partial charge in [0.25, 0.3) is 0 Å². The molecular weight excluding hydrogens is 300 g/mol. The van der Waals surface area contributed by atoms with Crippen molar-refractivity contribution in [1.82, 2.24) is 15.1 Å². The van der Waals surface area contributed by atoms with E-state index in [0.29, 0.717) is 5.56 Å². The Morgan fingerprint density at radius 3 is 2.25 bits per heavy atom. The van der Waals surface area contributed by atoms with Crippen LogP contribution in [0.5, 0.6) is 5.75 Å². The molecule has 0 aliphatic carbocycles. The molecule has 1 aliphatic heterocycles. The average molecular weight is 320 g/mol. The Bertz CT molecular complexity index is 872. The number of para-hydroxylation sites is 1. The summed E-state index contributed by atoms with van der Waals surface area (Å²) in [4.78, 5) is 4.62. The molecule has 0 atom stereocenters. The van der Waals surface area contributed by atoms with Crippen molar-refractivity contribution in [2.24, 2.45) is 0 Å². The number of phenolic OH excluding ortho intramolecular Hbond substituents is 1. The van der Waals surface area contributed by atoms with E-state index in [0.717, 1.165) is 48.5 Å². The molecule has 5 nitrogen and oxygen atoms in total. The van der Waals surface area contributed by atoms with Crippen molar-refractivity contribution in [3.8, 4) is 17.0 Å². The van der Waals surface area contributed by atoms with E-state index in [-0.39, 0.29) is 5.75 Å². The second-order valence-corrected chi connectivity index (χ2v) is 6.23. The van der Waals surface area contributed by atoms with Gasteiger partial charge in [-0.15, -0.1) is 10.2 Å². The van der Waals surface area contributed by atoms with Gasteiger partial charge in [-0.25, -0.2) is 0 Å². The summed E-state index contributed by atoms with van der Waals surface area (Å²) in [7, 11) is 2.14. The Kier molecular flexibility index (Phi) is 3.78. The van der Waals surface area contributed by atoms with Gasteiger partial charge in [-0.3, -0.25) is 0 Å². The molecule has 2 heterocycles. The predicted molar refractivity (Wildman–Crippen MR) is 96.3 cm³/mol. The molecule has 1 saturated heterocycles. The topological polar surface area (TPSA) is 52.5 Å². The van der Waals surface area contributed by atoms with E-state index in [9.17, 15) is 5.11 Å². The van der Waals surface area contributed by atoms with Crippen LogP contribution in [0.25, 0.3) is 22.0 Å². The van der Waals surface area contributed by atoms with Crippen LogP contribution in [0, 0.1) is 0 Å². The quantitative estimate of drug-likeness (QED) is 0.787. The van der Waals surface area contributed by atoms with Crippen LogP contribution in [0.4, 0.5) is 5.82 Å². The third-order valence-electron chi connectivity index (χ3n) is 4.63. The van der Waals surface area contributed by atoms with E-state index in [1.165, 1.54) is 0 Å². The molecule has 1 fully saturated rings. The van der Waals surface area contributed by atoms with Crippen LogP contribution in [0.15, 0.2) is 48.5 Å². The molecule has 0 bridgehead atoms. The lowest BCUT2D eigenvalue weighted by Gasteiger charge is -2.33. The van der Waals surface area contributed by atoms with Crippen LogP contribution in [0.2, 0.25) is 0 Å². The highest BCUT2D eigenvalue weighted by Gasteiger charge is 2.20. The molecule has 0 saturated carbocycles. The Hall–Kier alpha value is -2.66. The molecule has 3 aromatic rings. The third kappa shape index (κ3) is 2.57. The lowest BCUT2D eigenvalue weighted by atomic mass is 10.0. The maximum Gasteiger partial charge on any atom is 0.159 e. The number of anilines is 1. The Morgan fingerprint density at radius 1 is 0.833 bits per heavy atom. The molecule has 0 spiro atoms. The average Bonchev–Trinajstić information content (AvgIpc) is 2.62. The van der Waals surface area contributed by atoms with E-state index in [1.807, 2.05) is 36.4 Å². The highest BCUT2D eigenvalue weighted by atomic mass is 16.3. The van der Waals surface area contributed by atoms with Gasteiger partial charge < -0.3 is 14.9 Å². The van der Waals surface area contributed by atoms with Crippen LogP contribution in [-0.4, -0.2) is 53.4 Å². The van der Waals surface area contributed by atoms with Crippen LogP contribution in [-0.2, 0) is 0 Å². The number of aromatic nitrogens is 2. The fraction of sp³-hybridized carbons (Fsp3) is 0.263. The van der Waals surface area contributed by atoms with E-state index in [1.54, 1.807) is 6.07 Å². The van der Waals surface area contributed by atoms with Gasteiger partial charge in [-0.1, -0.05) is 36.4 Å². The monoisotopic (exact) mass is 320 g/mol. The number of phenols is 1. The van der Waals surface area contributed by atoms with Crippen molar-refractivity contribution in [2.75, 3.05) is 38.1 Å². The molecule has 0 unspecified atom stereocenters. The van der Waals surface area contributed by atoms with Crippen LogP contribution >= 0.6 is 0 Å². The minimum Gasteiger partial charge on any atom is -0.507 e. The minimum atomic E-state index is 0.226. The lowest BCUT2D eigenvalue weighted by Crippen LogP contribution is -2.45. The normalized spacial score (nSPS) is 15.8. The van der Waals surface area contributed by atoms with E-state index in [4.69, 9.17) is 0 Å². The molecule has 1 aromatic heterocycles. The maximum absolute atomic E-state index is 10.2. The van der Waals surface area contributed by atoms with Gasteiger partial charge in [0.2, 0.25) is 0 Å². The molecule has 1 aliphatic rings. The van der Waals surface area contributed by atoms with Crippen molar-refractivity contribution in [3.05, 3.63) is 48.5 Å². The van der Waals surface area contributed by atoms with Crippen molar-refractivity contribution in [2.45, 2.75) is 0 Å². The number of rotatable bonds is 2. The number of piperazine rings is 1. The number of likely N-dealkylation sites (N-methyl/N-ethyl adjacent to an activating group) is 1. The smallest absolute Gasteiger partial charge is 0.159 e. The standard InChI is InChI=1S/C19H20N4O/c1-22-10-12-23(13-11-22)19-15-7-3-2-6-14(15)18(20-21-19)16-8-4-5-9-17(16)24/h2-9,24H,10-13H2,1H3. The number of aromatic hydroxyl groups is 1. The predicted octanol–water partition coefficient (Wildman–Crippen LogP) is 2.75. The van der Waals surface area contributed by atoms with Crippen molar-refractivity contribution in [1.29, 1.82) is 0 Å². The van der Waals surface area contributed by atoms with Gasteiger partial charge in [-0.2, -0.15) is 0 Å². The van der Waals surface area contributed by atoms with Gasteiger partial charge in [0.05, 0.1) is 0 Å². The van der Waals surface area contributed by atoms with Crippen molar-refractivity contribution < 1.29 is 5.11 Å². The molecule has 1 N–H and O–H groups in total. The minimum absolute atomic E-state index is 0.226. The largest absolute Gasteiger partial charge is 0.507 e. The maximum atomic E-state index is 10.2. The molecular formula is C19H20N4O. The molecule has 24 heavy (non-hydrogen) atoms. The zero-order valence-electron chi connectivity index (χ0n) is 13.7. The zero-order chi connectivity index (χ0) is 16.5. The van der Waals surface area contributed by atoms with Gasteiger partial charge in [0.1, 0.15) is 11.4 Å². The van der Waals surface area contributed by atoms with Crippen LogP contribution < -0.4 is 4.90 Å². The first kappa shape index (κ1) is 14.9. The summed E-state index contributed by atoms with van der Waals surface area (Å²) in [6.45, 7) is 3.95. The molecule has 5 heteroatoms. The van der Waals surface area contributed by atoms with Crippen LogP contribution in [0.1, 0.15) is 0 Å². The number of fused-ring (bicyclic) bond motifs is 1. The molecule has 2 aromatic carbocycles. The first-order chi connectivity index (χ1) is 11.7. The highest BCUT2D eigenvalue weighted by Crippen LogP contribution is 2.35. The summed E-state index contributed by atoms with van der Waals surface area (Å²) in [6.07, 6.45) is 0. The number of nitrogens with zero attached hydrogens (tertiary/aromatic N) is 4. The van der Waals surface area contributed by atoms with E-state index < -0.39 is 0 Å². The summed E-state index contributed by atoms with van der Waals surface area (Å²) in [5.74, 6) is 1.15. The van der Waals surface area contributed by atoms with Gasteiger partial charge in [-0.05, 0) is 19.2 Å². The van der Waals surface area contributed by atoms with Gasteiger partial charge in [0, 0.05) is 42.5 Å². The van der Waals surface area contributed by atoms with E-state index in [2.05, 4.69) is 33.1 Å². The fourth-order valence-electron chi connectivity index (χ4n) is 3.21. The zero-order valence-corrected chi connectivity index (χ0v) is 13.7. The molecule has 4 rings (SSSR count). The van der Waals surface area contributed by atoms with Crippen LogP contribution in [0.3, 0.4) is 0 Å². The molecule has 122 valence electrons. The second-order valence-electron chi connectivity index (χ2n) is 6.23. The summed E-state index contributed by atoms with van der Waals surface area (Å²) < 4.78 is 0. The first-order valence-electron chi connectivity index (χ1n) is 8.21. The Labute approximate surface area is 141 Å². The Morgan fingerprint density at radius 2 is 1.50 bits per heavy atom. The van der Waals surface area contributed by atoms with Gasteiger partial charge >= 0.3 is 0 Å². The van der Waals surface area contributed by atoms with Crippen molar-refractivity contribution >= 4 is 16.6 Å².